The normalized spacial score (nSPS) is 11.6. The van der Waals surface area contributed by atoms with E-state index in [4.69, 9.17) is 0 Å². The monoisotopic (exact) mass is 369 g/mol. The summed E-state index contributed by atoms with van der Waals surface area (Å²) in [5.41, 5.74) is 0.298. The highest BCUT2D eigenvalue weighted by atomic mass is 32.2. The molecule has 2 aromatic rings. The van der Waals surface area contributed by atoms with Gasteiger partial charge in [-0.25, -0.2) is 9.18 Å². The largest absolute Gasteiger partial charge is 0.338 e. The lowest BCUT2D eigenvalue weighted by atomic mass is 10.3. The Labute approximate surface area is 146 Å². The maximum atomic E-state index is 13.6. The molecule has 2 rings (SSSR count). The Morgan fingerprint density at radius 2 is 2.08 bits per heavy atom. The van der Waals surface area contributed by atoms with E-state index in [-0.39, 0.29) is 0 Å². The van der Waals surface area contributed by atoms with Crippen LogP contribution in [-0.4, -0.2) is 33.9 Å². The molecule has 10 heteroatoms. The number of nitrogens with one attached hydrogen (secondary N) is 3. The number of imide groups is 1. The van der Waals surface area contributed by atoms with Crippen molar-refractivity contribution in [2.75, 3.05) is 11.9 Å². The number of nitrogens with zero attached hydrogens (tertiary/aromatic N) is 2. The zero-order chi connectivity index (χ0) is 17.5. The highest BCUT2D eigenvalue weighted by Crippen LogP contribution is 2.30. The lowest BCUT2D eigenvalue weighted by Gasteiger charge is -2.09. The first-order valence-electron chi connectivity index (χ1n) is 7.10. The summed E-state index contributed by atoms with van der Waals surface area (Å²) in [6.45, 7) is 3.85. The van der Waals surface area contributed by atoms with Crippen molar-refractivity contribution in [2.45, 2.75) is 23.4 Å². The fraction of sp³-hybridized carbons (Fsp3) is 0.286. The molecule has 0 aliphatic heterocycles. The molecule has 1 aromatic heterocycles. The molecule has 0 saturated carbocycles. The Bertz CT molecular complexity index is 725. The standard InChI is InChI=1S/C14H16FN5O2S2/c1-3-16-12(22)18-11(21)8(2)23-14-20-19-13(24-14)17-10-7-5-4-6-9(10)15/h4-8H,3H2,1-2H3,(H,17,19)(H2,16,18,21,22)/t8-/m1/s1. The predicted molar refractivity (Wildman–Crippen MR) is 92.1 cm³/mol. The molecule has 0 spiro atoms. The van der Waals surface area contributed by atoms with E-state index in [0.29, 0.717) is 21.7 Å². The summed E-state index contributed by atoms with van der Waals surface area (Å²) in [6, 6.07) is 5.69. The van der Waals surface area contributed by atoms with Gasteiger partial charge in [0.05, 0.1) is 10.9 Å². The second-order valence-corrected chi connectivity index (χ2v) is 7.15. The first kappa shape index (κ1) is 18.1. The summed E-state index contributed by atoms with van der Waals surface area (Å²) in [4.78, 5) is 23.2. The fourth-order valence-electron chi connectivity index (χ4n) is 1.61. The second-order valence-electron chi connectivity index (χ2n) is 4.59. The van der Waals surface area contributed by atoms with Gasteiger partial charge in [-0.05, 0) is 26.0 Å². The summed E-state index contributed by atoms with van der Waals surface area (Å²) in [6.07, 6.45) is 0. The third-order valence-corrected chi connectivity index (χ3v) is 4.77. The van der Waals surface area contributed by atoms with Crippen molar-refractivity contribution in [1.82, 2.24) is 20.8 Å². The van der Waals surface area contributed by atoms with Crippen LogP contribution in [0.25, 0.3) is 0 Å². The molecule has 0 fully saturated rings. The van der Waals surface area contributed by atoms with Crippen LogP contribution in [-0.2, 0) is 4.79 Å². The Kier molecular flexibility index (Phi) is 6.50. The molecule has 0 radical (unpaired) electrons. The minimum absolute atomic E-state index is 0.298. The number of rotatable bonds is 6. The van der Waals surface area contributed by atoms with Crippen molar-refractivity contribution in [1.29, 1.82) is 0 Å². The Morgan fingerprint density at radius 1 is 1.33 bits per heavy atom. The van der Waals surface area contributed by atoms with Gasteiger partial charge in [0.2, 0.25) is 11.0 Å². The van der Waals surface area contributed by atoms with Gasteiger partial charge in [-0.3, -0.25) is 10.1 Å². The third-order valence-electron chi connectivity index (χ3n) is 2.74. The average Bonchev–Trinajstić information content (AvgIpc) is 2.97. The van der Waals surface area contributed by atoms with Crippen LogP contribution >= 0.6 is 23.1 Å². The summed E-state index contributed by atoms with van der Waals surface area (Å²) in [7, 11) is 0. The molecule has 24 heavy (non-hydrogen) atoms. The van der Waals surface area contributed by atoms with E-state index in [1.165, 1.54) is 29.2 Å². The zero-order valence-corrected chi connectivity index (χ0v) is 14.6. The lowest BCUT2D eigenvalue weighted by molar-refractivity contribution is -0.119. The van der Waals surface area contributed by atoms with Gasteiger partial charge in [0.25, 0.3) is 0 Å². The maximum Gasteiger partial charge on any atom is 0.321 e. The topological polar surface area (TPSA) is 96.0 Å². The fourth-order valence-corrected chi connectivity index (χ4v) is 3.52. The summed E-state index contributed by atoms with van der Waals surface area (Å²) in [5, 5.41) is 15.3. The highest BCUT2D eigenvalue weighted by Gasteiger charge is 2.19. The maximum absolute atomic E-state index is 13.6. The number of thioether (sulfide) groups is 1. The van der Waals surface area contributed by atoms with Gasteiger partial charge in [0.15, 0.2) is 4.34 Å². The van der Waals surface area contributed by atoms with Crippen LogP contribution in [0.1, 0.15) is 13.8 Å². The molecule has 0 bridgehead atoms. The van der Waals surface area contributed by atoms with E-state index >= 15 is 0 Å². The van der Waals surface area contributed by atoms with E-state index in [0.717, 1.165) is 0 Å². The summed E-state index contributed by atoms with van der Waals surface area (Å²) in [5.74, 6) is -0.818. The molecule has 128 valence electrons. The number of urea groups is 1. The van der Waals surface area contributed by atoms with E-state index in [1.807, 2.05) is 0 Å². The molecule has 3 amide bonds. The minimum Gasteiger partial charge on any atom is -0.338 e. The van der Waals surface area contributed by atoms with Gasteiger partial charge in [-0.2, -0.15) is 0 Å². The smallest absolute Gasteiger partial charge is 0.321 e. The molecule has 7 nitrogen and oxygen atoms in total. The van der Waals surface area contributed by atoms with Crippen LogP contribution < -0.4 is 16.0 Å². The van der Waals surface area contributed by atoms with Crippen molar-refractivity contribution in [3.63, 3.8) is 0 Å². The summed E-state index contributed by atoms with van der Waals surface area (Å²) < 4.78 is 14.1. The van der Waals surface area contributed by atoms with Crippen LogP contribution in [0.3, 0.4) is 0 Å². The van der Waals surface area contributed by atoms with E-state index in [1.54, 1.807) is 32.0 Å². The van der Waals surface area contributed by atoms with Crippen molar-refractivity contribution in [3.05, 3.63) is 30.1 Å². The molecule has 1 aromatic carbocycles. The van der Waals surface area contributed by atoms with Crippen LogP contribution in [0, 0.1) is 5.82 Å². The number of aromatic nitrogens is 2. The van der Waals surface area contributed by atoms with E-state index < -0.39 is 23.0 Å². The predicted octanol–water partition coefficient (Wildman–Crippen LogP) is 2.75. The van der Waals surface area contributed by atoms with Gasteiger partial charge < -0.3 is 10.6 Å². The van der Waals surface area contributed by atoms with E-state index in [2.05, 4.69) is 26.1 Å². The van der Waals surface area contributed by atoms with Crippen molar-refractivity contribution in [3.8, 4) is 0 Å². The lowest BCUT2D eigenvalue weighted by Crippen LogP contribution is -2.42. The molecule has 1 heterocycles. The number of para-hydroxylation sites is 1. The van der Waals surface area contributed by atoms with Crippen LogP contribution in [0.4, 0.5) is 20.0 Å². The van der Waals surface area contributed by atoms with Gasteiger partial charge in [0, 0.05) is 6.54 Å². The molecule has 3 N–H and O–H groups in total. The Hall–Kier alpha value is -2.20. The number of amides is 3. The number of halogens is 1. The molecular formula is C14H16FN5O2S2. The van der Waals surface area contributed by atoms with Gasteiger partial charge in [-0.15, -0.1) is 10.2 Å². The van der Waals surface area contributed by atoms with Gasteiger partial charge in [0.1, 0.15) is 5.82 Å². The Balaban J connectivity index is 1.92. The summed E-state index contributed by atoms with van der Waals surface area (Å²) >= 11 is 2.36. The minimum atomic E-state index is -0.533. The quantitative estimate of drug-likeness (QED) is 0.678. The number of anilines is 2. The average molecular weight is 369 g/mol. The van der Waals surface area contributed by atoms with Gasteiger partial charge >= 0.3 is 6.03 Å². The number of carbonyl (C=O) groups is 2. The number of hydrogen-bond acceptors (Lipinski definition) is 7. The molecular weight excluding hydrogens is 353 g/mol. The van der Waals surface area contributed by atoms with Crippen LogP contribution in [0.5, 0.6) is 0 Å². The van der Waals surface area contributed by atoms with Gasteiger partial charge in [-0.1, -0.05) is 35.2 Å². The zero-order valence-electron chi connectivity index (χ0n) is 13.0. The first-order chi connectivity index (χ1) is 11.5. The molecule has 0 aliphatic rings. The SMILES string of the molecule is CCNC(=O)NC(=O)[C@@H](C)Sc1nnc(Nc2ccccc2F)s1. The number of benzene rings is 1. The third kappa shape index (κ3) is 5.17. The van der Waals surface area contributed by atoms with Crippen molar-refractivity contribution >= 4 is 45.9 Å². The second kappa shape index (κ2) is 8.60. The van der Waals surface area contributed by atoms with E-state index in [9.17, 15) is 14.0 Å². The number of hydrogen-bond donors (Lipinski definition) is 3. The number of carbonyl (C=O) groups excluding carboxylic acids is 2. The molecule has 0 saturated heterocycles. The van der Waals surface area contributed by atoms with Crippen molar-refractivity contribution in [2.24, 2.45) is 0 Å². The van der Waals surface area contributed by atoms with Crippen LogP contribution in [0.2, 0.25) is 0 Å². The molecule has 0 aliphatic carbocycles. The molecule has 0 unspecified atom stereocenters. The highest BCUT2D eigenvalue weighted by molar-refractivity contribution is 8.02. The van der Waals surface area contributed by atoms with Crippen molar-refractivity contribution < 1.29 is 14.0 Å². The first-order valence-corrected chi connectivity index (χ1v) is 8.79. The molecule has 1 atom stereocenters. The van der Waals surface area contributed by atoms with Crippen LogP contribution in [0.15, 0.2) is 28.6 Å². The Morgan fingerprint density at radius 3 is 2.79 bits per heavy atom.